The van der Waals surface area contributed by atoms with E-state index in [0.29, 0.717) is 0 Å². The Balaban J connectivity index is 2.72. The first-order valence-electron chi connectivity index (χ1n) is 3.62. The van der Waals surface area contributed by atoms with E-state index in [1.165, 1.54) is 5.57 Å². The van der Waals surface area contributed by atoms with Crippen LogP contribution < -0.4 is 0 Å². The number of hydrogen-bond donors (Lipinski definition) is 0. The van der Waals surface area contributed by atoms with Gasteiger partial charge in [0.2, 0.25) is 0 Å². The molecule has 1 rings (SSSR count). The highest BCUT2D eigenvalue weighted by Crippen LogP contribution is 2.03. The van der Waals surface area contributed by atoms with Crippen molar-refractivity contribution in [2.24, 2.45) is 0 Å². The fraction of sp³-hybridized carbons (Fsp3) is 0.333. The van der Waals surface area contributed by atoms with Gasteiger partial charge >= 0.3 is 0 Å². The first-order valence-corrected chi connectivity index (χ1v) is 3.62. The highest BCUT2D eigenvalue weighted by atomic mass is 15.1. The van der Waals surface area contributed by atoms with Crippen LogP contribution in [0.3, 0.4) is 0 Å². The molecule has 54 valence electrons. The summed E-state index contributed by atoms with van der Waals surface area (Å²) in [4.78, 5) is 2.16. The van der Waals surface area contributed by atoms with Crippen molar-refractivity contribution in [3.63, 3.8) is 0 Å². The maximum atomic E-state index is 2.16. The molecule has 0 radical (unpaired) electrons. The van der Waals surface area contributed by atoms with E-state index < -0.39 is 0 Å². The molecule has 0 aromatic carbocycles. The largest absolute Gasteiger partial charge is 0.354 e. The predicted octanol–water partition coefficient (Wildman–Crippen LogP) is 2.30. The monoisotopic (exact) mass is 135 g/mol. The van der Waals surface area contributed by atoms with Gasteiger partial charge in [0, 0.05) is 18.9 Å². The van der Waals surface area contributed by atoms with Crippen LogP contribution in [0.2, 0.25) is 0 Å². The van der Waals surface area contributed by atoms with Crippen molar-refractivity contribution < 1.29 is 0 Å². The third kappa shape index (κ3) is 1.76. The molecule has 10 heavy (non-hydrogen) atoms. The zero-order valence-corrected chi connectivity index (χ0v) is 6.54. The van der Waals surface area contributed by atoms with E-state index >= 15 is 0 Å². The van der Waals surface area contributed by atoms with Gasteiger partial charge in [-0.15, -0.1) is 0 Å². The van der Waals surface area contributed by atoms with Crippen LogP contribution in [0.15, 0.2) is 36.2 Å². The summed E-state index contributed by atoms with van der Waals surface area (Å²) < 4.78 is 0. The topological polar surface area (TPSA) is 3.24 Å². The molecule has 0 aliphatic carbocycles. The summed E-state index contributed by atoms with van der Waals surface area (Å²) >= 11 is 0. The normalized spacial score (nSPS) is 17.0. The zero-order valence-electron chi connectivity index (χ0n) is 6.54. The van der Waals surface area contributed by atoms with Gasteiger partial charge in [0.25, 0.3) is 0 Å². The summed E-state index contributed by atoms with van der Waals surface area (Å²) in [5.41, 5.74) is 1.30. The molecular formula is C9H13N. The Morgan fingerprint density at radius 2 is 2.20 bits per heavy atom. The van der Waals surface area contributed by atoms with Gasteiger partial charge in [-0.2, -0.15) is 0 Å². The molecular weight excluding hydrogens is 122 g/mol. The lowest BCUT2D eigenvalue weighted by atomic mass is 10.3. The molecule has 0 unspecified atom stereocenters. The van der Waals surface area contributed by atoms with Gasteiger partial charge < -0.3 is 4.90 Å². The maximum Gasteiger partial charge on any atom is 0.0191 e. The molecule has 0 spiro atoms. The minimum atomic E-state index is 1.04. The van der Waals surface area contributed by atoms with E-state index in [4.69, 9.17) is 0 Å². The molecule has 0 aromatic heterocycles. The lowest BCUT2D eigenvalue weighted by Crippen LogP contribution is -2.07. The third-order valence-electron chi connectivity index (χ3n) is 1.48. The van der Waals surface area contributed by atoms with Gasteiger partial charge in [-0.1, -0.05) is 12.2 Å². The summed E-state index contributed by atoms with van der Waals surface area (Å²) in [6, 6.07) is 0. The quantitative estimate of drug-likeness (QED) is 0.533. The van der Waals surface area contributed by atoms with Crippen molar-refractivity contribution in [2.75, 3.05) is 6.54 Å². The molecule has 0 saturated carbocycles. The second kappa shape index (κ2) is 3.25. The Bertz CT molecular complexity index is 187. The van der Waals surface area contributed by atoms with Crippen LogP contribution in [0, 0.1) is 0 Å². The van der Waals surface area contributed by atoms with Gasteiger partial charge in [0.15, 0.2) is 0 Å². The molecule has 0 saturated heterocycles. The minimum absolute atomic E-state index is 1.04. The Morgan fingerprint density at radius 3 is 2.90 bits per heavy atom. The van der Waals surface area contributed by atoms with E-state index in [9.17, 15) is 0 Å². The summed E-state index contributed by atoms with van der Waals surface area (Å²) in [5, 5.41) is 0. The average molecular weight is 135 g/mol. The van der Waals surface area contributed by atoms with E-state index in [-0.39, 0.29) is 0 Å². The highest BCUT2D eigenvalue weighted by molar-refractivity contribution is 5.23. The molecule has 0 fully saturated rings. The van der Waals surface area contributed by atoms with Gasteiger partial charge in [-0.25, -0.2) is 0 Å². The Hall–Kier alpha value is -0.980. The van der Waals surface area contributed by atoms with Crippen LogP contribution in [0.5, 0.6) is 0 Å². The van der Waals surface area contributed by atoms with Crippen LogP contribution >= 0.6 is 0 Å². The van der Waals surface area contributed by atoms with E-state index in [1.54, 1.807) is 0 Å². The van der Waals surface area contributed by atoms with Crippen LogP contribution in [0.1, 0.15) is 13.8 Å². The molecule has 1 heterocycles. The van der Waals surface area contributed by atoms with Gasteiger partial charge in [-0.05, 0) is 25.5 Å². The summed E-state index contributed by atoms with van der Waals surface area (Å²) in [5.74, 6) is 0. The van der Waals surface area contributed by atoms with Crippen molar-refractivity contribution >= 4 is 0 Å². The molecule has 0 amide bonds. The Kier molecular flexibility index (Phi) is 2.32. The van der Waals surface area contributed by atoms with E-state index in [2.05, 4.69) is 49.4 Å². The van der Waals surface area contributed by atoms with Crippen molar-refractivity contribution in [1.82, 2.24) is 4.90 Å². The Labute approximate surface area is 62.3 Å². The van der Waals surface area contributed by atoms with Crippen LogP contribution in [0.25, 0.3) is 0 Å². The third-order valence-corrected chi connectivity index (χ3v) is 1.48. The molecule has 0 bridgehead atoms. The molecule has 0 N–H and O–H groups in total. The second-order valence-corrected chi connectivity index (χ2v) is 2.40. The van der Waals surface area contributed by atoms with Crippen molar-refractivity contribution in [3.05, 3.63) is 36.2 Å². The molecule has 1 heteroatoms. The molecule has 0 atom stereocenters. The highest BCUT2D eigenvalue weighted by Gasteiger charge is 1.91. The van der Waals surface area contributed by atoms with Crippen LogP contribution in [-0.2, 0) is 0 Å². The smallest absolute Gasteiger partial charge is 0.0191 e. The van der Waals surface area contributed by atoms with Crippen molar-refractivity contribution in [3.8, 4) is 0 Å². The number of rotatable bonds is 1. The first kappa shape index (κ1) is 7.13. The minimum Gasteiger partial charge on any atom is -0.354 e. The van der Waals surface area contributed by atoms with Crippen LogP contribution in [-0.4, -0.2) is 11.4 Å². The average Bonchev–Trinajstić information content (AvgIpc) is 2.13. The van der Waals surface area contributed by atoms with E-state index in [1.807, 2.05) is 0 Å². The van der Waals surface area contributed by atoms with Crippen molar-refractivity contribution in [1.29, 1.82) is 0 Å². The van der Waals surface area contributed by atoms with Gasteiger partial charge in [-0.3, -0.25) is 0 Å². The standard InChI is InChI=1S/C9H13N/c1-3-10-7-5-4-6-9(2)8-10/h4-8H,3H2,1-2H3. The predicted molar refractivity (Wildman–Crippen MR) is 44.4 cm³/mol. The molecule has 1 nitrogen and oxygen atoms in total. The van der Waals surface area contributed by atoms with E-state index in [0.717, 1.165) is 6.54 Å². The second-order valence-electron chi connectivity index (χ2n) is 2.40. The summed E-state index contributed by atoms with van der Waals surface area (Å²) in [6.45, 7) is 5.28. The van der Waals surface area contributed by atoms with Crippen LogP contribution in [0.4, 0.5) is 0 Å². The lowest BCUT2D eigenvalue weighted by Gasteiger charge is -2.10. The number of allylic oxidation sites excluding steroid dienone is 4. The molecule has 1 aliphatic rings. The number of nitrogens with zero attached hydrogens (tertiary/aromatic N) is 1. The van der Waals surface area contributed by atoms with Gasteiger partial charge in [0.1, 0.15) is 0 Å². The summed E-state index contributed by atoms with van der Waals surface area (Å²) in [6.07, 6.45) is 10.4. The SMILES string of the molecule is CCN1C=CC=CC(C)=C1. The zero-order chi connectivity index (χ0) is 7.40. The molecule has 1 aliphatic heterocycles. The Morgan fingerprint density at radius 1 is 1.40 bits per heavy atom. The fourth-order valence-electron chi connectivity index (χ4n) is 0.912. The number of hydrogen-bond acceptors (Lipinski definition) is 1. The fourth-order valence-corrected chi connectivity index (χ4v) is 0.912. The lowest BCUT2D eigenvalue weighted by molar-refractivity contribution is 0.534. The first-order chi connectivity index (χ1) is 4.83. The maximum absolute atomic E-state index is 2.16. The summed E-state index contributed by atoms with van der Waals surface area (Å²) in [7, 11) is 0. The van der Waals surface area contributed by atoms with Crippen molar-refractivity contribution in [2.45, 2.75) is 13.8 Å². The van der Waals surface area contributed by atoms with Gasteiger partial charge in [0.05, 0.1) is 0 Å². The molecule has 0 aromatic rings.